The van der Waals surface area contributed by atoms with Crippen LogP contribution in [0.4, 0.5) is 0 Å². The smallest absolute Gasteiger partial charge is 0.204 e. The zero-order chi connectivity index (χ0) is 24.9. The molecule has 0 aliphatic heterocycles. The lowest BCUT2D eigenvalue weighted by Crippen LogP contribution is -2.16. The summed E-state index contributed by atoms with van der Waals surface area (Å²) in [5.41, 5.74) is 0.991. The van der Waals surface area contributed by atoms with E-state index < -0.39 is 26.3 Å². The fourth-order valence-electron chi connectivity index (χ4n) is 3.30. The number of ether oxygens (including phenoxy) is 3. The van der Waals surface area contributed by atoms with Crippen LogP contribution >= 0.6 is 23.2 Å². The standard InChI is InChI=1S/C25H22Cl2O6S/c1-31-21-13-8-18(24(32-2)25(21)33-3)14-22(23(28)17-6-11-20(27)12-7-17)34(29,30)15-16-4-9-19(26)10-5-16/h4-14H,15H2,1-3H3/b22-14+. The molecule has 0 spiro atoms. The zero-order valence-corrected chi connectivity index (χ0v) is 21.0. The Morgan fingerprint density at radius 2 is 1.35 bits per heavy atom. The third-order valence-corrected chi connectivity index (χ3v) is 7.15. The van der Waals surface area contributed by atoms with Crippen LogP contribution in [0.3, 0.4) is 0 Å². The number of benzene rings is 3. The number of halogens is 2. The normalized spacial score (nSPS) is 11.7. The predicted octanol–water partition coefficient (Wildman–Crippen LogP) is 5.86. The molecular weight excluding hydrogens is 499 g/mol. The summed E-state index contributed by atoms with van der Waals surface area (Å²) in [4.78, 5) is 13.0. The molecule has 0 fully saturated rings. The number of hydrogen-bond donors (Lipinski definition) is 0. The summed E-state index contributed by atoms with van der Waals surface area (Å²) < 4.78 is 43.2. The summed E-state index contributed by atoms with van der Waals surface area (Å²) in [5.74, 6) is -0.184. The lowest BCUT2D eigenvalue weighted by molar-refractivity contribution is 0.104. The van der Waals surface area contributed by atoms with E-state index in [4.69, 9.17) is 37.4 Å². The molecule has 0 aromatic heterocycles. The molecule has 9 heteroatoms. The Morgan fingerprint density at radius 3 is 1.88 bits per heavy atom. The average molecular weight is 521 g/mol. The SMILES string of the molecule is COc1ccc(/C=C(\C(=O)c2ccc(Cl)cc2)S(=O)(=O)Cc2ccc(Cl)cc2)c(OC)c1OC. The number of rotatable bonds is 9. The highest BCUT2D eigenvalue weighted by molar-refractivity contribution is 7.95. The Kier molecular flexibility index (Phi) is 8.25. The van der Waals surface area contributed by atoms with Crippen molar-refractivity contribution in [2.24, 2.45) is 0 Å². The molecule has 0 amide bonds. The van der Waals surface area contributed by atoms with Crippen molar-refractivity contribution in [2.75, 3.05) is 21.3 Å². The first kappa shape index (κ1) is 25.6. The van der Waals surface area contributed by atoms with Gasteiger partial charge in [-0.1, -0.05) is 35.3 Å². The van der Waals surface area contributed by atoms with Crippen LogP contribution < -0.4 is 14.2 Å². The van der Waals surface area contributed by atoms with Crippen molar-refractivity contribution in [3.05, 3.63) is 92.3 Å². The number of hydrogen-bond acceptors (Lipinski definition) is 6. The Balaban J connectivity index is 2.19. The number of carbonyl (C=O) groups is 1. The highest BCUT2D eigenvalue weighted by Crippen LogP contribution is 2.41. The van der Waals surface area contributed by atoms with Crippen LogP contribution in [0, 0.1) is 0 Å². The van der Waals surface area contributed by atoms with Crippen LogP contribution in [0.1, 0.15) is 21.5 Å². The van der Waals surface area contributed by atoms with E-state index in [1.807, 2.05) is 0 Å². The molecule has 178 valence electrons. The Labute approximate surface area is 208 Å². The van der Waals surface area contributed by atoms with Gasteiger partial charge in [-0.3, -0.25) is 4.79 Å². The van der Waals surface area contributed by atoms with Gasteiger partial charge in [-0.2, -0.15) is 0 Å². The average Bonchev–Trinajstić information content (AvgIpc) is 2.83. The first-order chi connectivity index (χ1) is 16.2. The molecule has 0 heterocycles. The molecule has 0 saturated carbocycles. The summed E-state index contributed by atoms with van der Waals surface area (Å²) in [6.07, 6.45) is 1.28. The Bertz CT molecular complexity index is 1310. The summed E-state index contributed by atoms with van der Waals surface area (Å²) in [7, 11) is 0.224. The Morgan fingerprint density at radius 1 is 0.794 bits per heavy atom. The molecule has 0 bridgehead atoms. The van der Waals surface area contributed by atoms with Crippen molar-refractivity contribution in [3.63, 3.8) is 0 Å². The molecule has 0 N–H and O–H groups in total. The second-order valence-corrected chi connectivity index (χ2v) is 9.98. The molecular formula is C25H22Cl2O6S. The van der Waals surface area contributed by atoms with Gasteiger partial charge in [-0.25, -0.2) is 8.42 Å². The maximum Gasteiger partial charge on any atom is 0.204 e. The van der Waals surface area contributed by atoms with Gasteiger partial charge in [0.25, 0.3) is 0 Å². The van der Waals surface area contributed by atoms with Crippen molar-refractivity contribution in [2.45, 2.75) is 5.75 Å². The minimum Gasteiger partial charge on any atom is -0.493 e. The van der Waals surface area contributed by atoms with E-state index in [0.29, 0.717) is 26.9 Å². The first-order valence-electron chi connectivity index (χ1n) is 9.98. The van der Waals surface area contributed by atoms with Gasteiger partial charge in [0.1, 0.15) is 4.91 Å². The number of carbonyl (C=O) groups excluding carboxylic acids is 1. The monoisotopic (exact) mass is 520 g/mol. The largest absolute Gasteiger partial charge is 0.493 e. The molecule has 3 aromatic carbocycles. The maximum atomic E-state index is 13.5. The highest BCUT2D eigenvalue weighted by Gasteiger charge is 2.28. The van der Waals surface area contributed by atoms with Gasteiger partial charge in [0.15, 0.2) is 21.3 Å². The lowest BCUT2D eigenvalue weighted by atomic mass is 10.1. The zero-order valence-electron chi connectivity index (χ0n) is 18.7. The van der Waals surface area contributed by atoms with Gasteiger partial charge in [0.05, 0.1) is 27.1 Å². The van der Waals surface area contributed by atoms with E-state index in [-0.39, 0.29) is 17.1 Å². The van der Waals surface area contributed by atoms with Gasteiger partial charge < -0.3 is 14.2 Å². The minimum absolute atomic E-state index is 0.176. The number of allylic oxidation sites excluding steroid dienone is 1. The van der Waals surface area contributed by atoms with Crippen LogP contribution in [-0.2, 0) is 15.6 Å². The fraction of sp³-hybridized carbons (Fsp3) is 0.160. The third-order valence-electron chi connectivity index (χ3n) is 4.96. The van der Waals surface area contributed by atoms with E-state index in [1.54, 1.807) is 36.4 Å². The molecule has 3 aromatic rings. The maximum absolute atomic E-state index is 13.5. The number of sulfone groups is 1. The third kappa shape index (κ3) is 5.73. The predicted molar refractivity (Wildman–Crippen MR) is 134 cm³/mol. The van der Waals surface area contributed by atoms with Gasteiger partial charge in [0, 0.05) is 21.2 Å². The van der Waals surface area contributed by atoms with Crippen molar-refractivity contribution in [1.82, 2.24) is 0 Å². The van der Waals surface area contributed by atoms with Gasteiger partial charge in [0.2, 0.25) is 11.5 Å². The molecule has 34 heavy (non-hydrogen) atoms. The van der Waals surface area contributed by atoms with Crippen molar-refractivity contribution in [3.8, 4) is 17.2 Å². The quantitative estimate of drug-likeness (QED) is 0.259. The number of ketones is 1. The van der Waals surface area contributed by atoms with Crippen LogP contribution in [0.5, 0.6) is 17.2 Å². The summed E-state index contributed by atoms with van der Waals surface area (Å²) in [5, 5.41) is 0.900. The van der Waals surface area contributed by atoms with E-state index >= 15 is 0 Å². The molecule has 0 aliphatic rings. The molecule has 0 aliphatic carbocycles. The first-order valence-corrected chi connectivity index (χ1v) is 12.4. The van der Waals surface area contributed by atoms with Crippen molar-refractivity contribution >= 4 is 44.9 Å². The summed E-state index contributed by atoms with van der Waals surface area (Å²) in [6.45, 7) is 0. The van der Waals surface area contributed by atoms with E-state index in [1.165, 1.54) is 51.7 Å². The van der Waals surface area contributed by atoms with Crippen molar-refractivity contribution < 1.29 is 27.4 Å². The van der Waals surface area contributed by atoms with Gasteiger partial charge >= 0.3 is 0 Å². The Hall–Kier alpha value is -3.00. The minimum atomic E-state index is -4.10. The van der Waals surface area contributed by atoms with E-state index in [2.05, 4.69) is 0 Å². The summed E-state index contributed by atoms with van der Waals surface area (Å²) in [6, 6.07) is 15.6. The molecule has 0 atom stereocenters. The number of methoxy groups -OCH3 is 3. The topological polar surface area (TPSA) is 78.9 Å². The molecule has 0 saturated heterocycles. The van der Waals surface area contributed by atoms with Crippen LogP contribution in [-0.4, -0.2) is 35.5 Å². The fourth-order valence-corrected chi connectivity index (χ4v) is 5.04. The lowest BCUT2D eigenvalue weighted by Gasteiger charge is -2.15. The van der Waals surface area contributed by atoms with Crippen LogP contribution in [0.25, 0.3) is 6.08 Å². The van der Waals surface area contributed by atoms with Gasteiger partial charge in [-0.05, 0) is 60.2 Å². The van der Waals surface area contributed by atoms with Gasteiger partial charge in [-0.15, -0.1) is 0 Å². The molecule has 0 unspecified atom stereocenters. The second kappa shape index (κ2) is 11.0. The molecule has 0 radical (unpaired) electrons. The van der Waals surface area contributed by atoms with Crippen LogP contribution in [0.2, 0.25) is 10.0 Å². The van der Waals surface area contributed by atoms with Crippen molar-refractivity contribution in [1.29, 1.82) is 0 Å². The van der Waals surface area contributed by atoms with E-state index in [0.717, 1.165) is 0 Å². The molecule has 6 nitrogen and oxygen atoms in total. The van der Waals surface area contributed by atoms with E-state index in [9.17, 15) is 13.2 Å². The van der Waals surface area contributed by atoms with Crippen LogP contribution in [0.15, 0.2) is 65.6 Å². The summed E-state index contributed by atoms with van der Waals surface area (Å²) >= 11 is 11.9. The second-order valence-electron chi connectivity index (χ2n) is 7.15. The number of Topliss-reactive ketones (excluding diaryl/α,β-unsaturated/α-hetero) is 1. The molecule has 3 rings (SSSR count). The highest BCUT2D eigenvalue weighted by atomic mass is 35.5.